The molecule has 1 heterocycles. The molecule has 0 radical (unpaired) electrons. The van der Waals surface area contributed by atoms with E-state index < -0.39 is 17.9 Å². The summed E-state index contributed by atoms with van der Waals surface area (Å²) in [5, 5.41) is 0. The van der Waals surface area contributed by atoms with Crippen molar-refractivity contribution in [3.63, 3.8) is 0 Å². The van der Waals surface area contributed by atoms with Crippen molar-refractivity contribution >= 4 is 17.9 Å². The van der Waals surface area contributed by atoms with E-state index >= 15 is 0 Å². The van der Waals surface area contributed by atoms with Gasteiger partial charge in [-0.3, -0.25) is 9.59 Å². The first-order chi connectivity index (χ1) is 6.66. The lowest BCUT2D eigenvalue weighted by atomic mass is 10.4. The van der Waals surface area contributed by atoms with Crippen LogP contribution in [0.4, 0.5) is 4.79 Å². The maximum absolute atomic E-state index is 11.1. The number of nitrogens with zero attached hydrogens (tertiary/aromatic N) is 1. The van der Waals surface area contributed by atoms with Gasteiger partial charge >= 0.3 is 6.09 Å². The Morgan fingerprint density at radius 2 is 2.00 bits per heavy atom. The van der Waals surface area contributed by atoms with Gasteiger partial charge < -0.3 is 4.74 Å². The Morgan fingerprint density at radius 1 is 1.43 bits per heavy atom. The Labute approximate surface area is 81.0 Å². The third-order valence-electron chi connectivity index (χ3n) is 1.68. The van der Waals surface area contributed by atoms with Crippen molar-refractivity contribution in [2.45, 2.75) is 19.8 Å². The van der Waals surface area contributed by atoms with Crippen LogP contribution in [-0.2, 0) is 14.3 Å². The first-order valence-corrected chi connectivity index (χ1v) is 4.09. The summed E-state index contributed by atoms with van der Waals surface area (Å²) in [6.07, 6.45) is -0.777. The van der Waals surface area contributed by atoms with Gasteiger partial charge in [0.25, 0.3) is 0 Å². The van der Waals surface area contributed by atoms with Gasteiger partial charge in [0.15, 0.2) is 6.61 Å². The Morgan fingerprint density at radius 3 is 2.50 bits per heavy atom. The lowest BCUT2D eigenvalue weighted by Crippen LogP contribution is -2.36. The maximum Gasteiger partial charge on any atom is 0.424 e. The van der Waals surface area contributed by atoms with Gasteiger partial charge in [0.2, 0.25) is 11.8 Å². The second-order valence-electron chi connectivity index (χ2n) is 2.60. The van der Waals surface area contributed by atoms with Gasteiger partial charge in [-0.05, 0) is 6.92 Å². The van der Waals surface area contributed by atoms with Crippen LogP contribution in [0.1, 0.15) is 19.8 Å². The summed E-state index contributed by atoms with van der Waals surface area (Å²) in [7, 11) is 0. The molecule has 0 spiro atoms. The molecule has 0 N–H and O–H groups in total. The molecule has 5 heteroatoms. The van der Waals surface area contributed by atoms with Gasteiger partial charge in [-0.15, -0.1) is 5.92 Å². The summed E-state index contributed by atoms with van der Waals surface area (Å²) in [4.78, 5) is 33.7. The quantitative estimate of drug-likeness (QED) is 0.445. The van der Waals surface area contributed by atoms with Crippen LogP contribution in [0.25, 0.3) is 0 Å². The fourth-order valence-corrected chi connectivity index (χ4v) is 1.01. The normalized spacial score (nSPS) is 15.1. The molecule has 0 aliphatic carbocycles. The molecule has 1 aliphatic heterocycles. The van der Waals surface area contributed by atoms with Gasteiger partial charge in [0.05, 0.1) is 0 Å². The number of hydrogen-bond donors (Lipinski definition) is 0. The number of amides is 3. The first-order valence-electron chi connectivity index (χ1n) is 4.09. The number of carbonyl (C=O) groups is 3. The van der Waals surface area contributed by atoms with E-state index in [9.17, 15) is 14.4 Å². The predicted molar refractivity (Wildman–Crippen MR) is 45.9 cm³/mol. The molecule has 14 heavy (non-hydrogen) atoms. The summed E-state index contributed by atoms with van der Waals surface area (Å²) >= 11 is 0. The molecule has 3 amide bonds. The second kappa shape index (κ2) is 4.42. The number of ether oxygens (including phenoxy) is 1. The molecule has 0 aromatic rings. The second-order valence-corrected chi connectivity index (χ2v) is 2.60. The summed E-state index contributed by atoms with van der Waals surface area (Å²) in [6, 6.07) is 0. The molecule has 1 fully saturated rings. The maximum atomic E-state index is 11.1. The number of rotatable bonds is 1. The van der Waals surface area contributed by atoms with E-state index in [0.717, 1.165) is 0 Å². The molecule has 0 aromatic carbocycles. The fourth-order valence-electron chi connectivity index (χ4n) is 1.01. The van der Waals surface area contributed by atoms with Crippen molar-refractivity contribution in [3.8, 4) is 11.8 Å². The van der Waals surface area contributed by atoms with Crippen molar-refractivity contribution in [3.05, 3.63) is 0 Å². The number of likely N-dealkylation sites (tertiary alicyclic amines) is 1. The van der Waals surface area contributed by atoms with Gasteiger partial charge in [0, 0.05) is 12.8 Å². The minimum Gasteiger partial charge on any atom is -0.436 e. The summed E-state index contributed by atoms with van der Waals surface area (Å²) in [6.45, 7) is 1.49. The first kappa shape index (κ1) is 10.3. The van der Waals surface area contributed by atoms with Crippen molar-refractivity contribution in [2.75, 3.05) is 6.61 Å². The van der Waals surface area contributed by atoms with Crippen LogP contribution in [0.5, 0.6) is 0 Å². The van der Waals surface area contributed by atoms with E-state index in [4.69, 9.17) is 0 Å². The highest BCUT2D eigenvalue weighted by atomic mass is 16.6. The number of hydrogen-bond acceptors (Lipinski definition) is 4. The van der Waals surface area contributed by atoms with Crippen molar-refractivity contribution in [1.29, 1.82) is 0 Å². The fraction of sp³-hybridized carbons (Fsp3) is 0.444. The lowest BCUT2D eigenvalue weighted by molar-refractivity contribution is -0.135. The van der Waals surface area contributed by atoms with Gasteiger partial charge in [-0.2, -0.15) is 4.90 Å². The molecular formula is C9H9NO4. The summed E-state index contributed by atoms with van der Waals surface area (Å²) in [5.41, 5.74) is 0. The monoisotopic (exact) mass is 195 g/mol. The predicted octanol–water partition coefficient (Wildman–Crippen LogP) is 0.295. The highest BCUT2D eigenvalue weighted by Gasteiger charge is 2.35. The van der Waals surface area contributed by atoms with Crippen LogP contribution in [0.15, 0.2) is 0 Å². The Kier molecular flexibility index (Phi) is 3.24. The zero-order valence-corrected chi connectivity index (χ0v) is 7.70. The van der Waals surface area contributed by atoms with E-state index in [1.807, 2.05) is 0 Å². The van der Waals surface area contributed by atoms with E-state index in [2.05, 4.69) is 16.6 Å². The van der Waals surface area contributed by atoms with Gasteiger partial charge in [-0.1, -0.05) is 5.92 Å². The SMILES string of the molecule is CC#CCOC(=O)N1C(=O)CCC1=O. The third-order valence-corrected chi connectivity index (χ3v) is 1.68. The molecular weight excluding hydrogens is 186 g/mol. The zero-order valence-electron chi connectivity index (χ0n) is 7.70. The van der Waals surface area contributed by atoms with Crippen molar-refractivity contribution in [2.24, 2.45) is 0 Å². The average Bonchev–Trinajstić information content (AvgIpc) is 2.46. The van der Waals surface area contributed by atoms with Crippen LogP contribution in [0, 0.1) is 11.8 Å². The number of carbonyl (C=O) groups excluding carboxylic acids is 3. The van der Waals surface area contributed by atoms with E-state index in [-0.39, 0.29) is 19.4 Å². The van der Waals surface area contributed by atoms with Crippen molar-refractivity contribution < 1.29 is 19.1 Å². The highest BCUT2D eigenvalue weighted by molar-refractivity contribution is 6.13. The third kappa shape index (κ3) is 2.10. The highest BCUT2D eigenvalue weighted by Crippen LogP contribution is 2.12. The Hall–Kier alpha value is -1.83. The zero-order chi connectivity index (χ0) is 10.6. The minimum absolute atomic E-state index is 0.0768. The van der Waals surface area contributed by atoms with Crippen LogP contribution >= 0.6 is 0 Å². The molecule has 0 aromatic heterocycles. The smallest absolute Gasteiger partial charge is 0.424 e. The largest absolute Gasteiger partial charge is 0.436 e. The molecule has 1 rings (SSSR count). The molecule has 0 bridgehead atoms. The summed E-state index contributed by atoms with van der Waals surface area (Å²) < 4.78 is 4.58. The van der Waals surface area contributed by atoms with E-state index in [1.54, 1.807) is 6.92 Å². The van der Waals surface area contributed by atoms with Gasteiger partial charge in [0.1, 0.15) is 0 Å². The molecule has 0 saturated carbocycles. The average molecular weight is 195 g/mol. The van der Waals surface area contributed by atoms with E-state index in [1.165, 1.54) is 0 Å². The standard InChI is InChI=1S/C9H9NO4/c1-2-3-6-14-9(13)10-7(11)4-5-8(10)12/h4-6H2,1H3. The molecule has 0 atom stereocenters. The summed E-state index contributed by atoms with van der Waals surface area (Å²) in [5.74, 6) is 3.99. The van der Waals surface area contributed by atoms with Gasteiger partial charge in [-0.25, -0.2) is 4.79 Å². The van der Waals surface area contributed by atoms with Crippen LogP contribution in [0.2, 0.25) is 0 Å². The molecule has 74 valence electrons. The topological polar surface area (TPSA) is 63.7 Å². The number of imide groups is 3. The lowest BCUT2D eigenvalue weighted by Gasteiger charge is -2.09. The van der Waals surface area contributed by atoms with Crippen LogP contribution in [0.3, 0.4) is 0 Å². The molecule has 0 unspecified atom stereocenters. The van der Waals surface area contributed by atoms with E-state index in [0.29, 0.717) is 4.90 Å². The molecule has 5 nitrogen and oxygen atoms in total. The molecule has 1 aliphatic rings. The molecule has 1 saturated heterocycles. The van der Waals surface area contributed by atoms with Crippen molar-refractivity contribution in [1.82, 2.24) is 4.90 Å². The van der Waals surface area contributed by atoms with Crippen LogP contribution < -0.4 is 0 Å². The Bertz CT molecular complexity index is 320. The minimum atomic E-state index is -0.930. The van der Waals surface area contributed by atoms with Crippen LogP contribution in [-0.4, -0.2) is 29.4 Å². The Balaban J connectivity index is 2.54.